The van der Waals surface area contributed by atoms with E-state index in [9.17, 15) is 0 Å². The monoisotopic (exact) mass is 463 g/mol. The Hall–Kier alpha value is -3.66. The molecule has 0 saturated heterocycles. The third-order valence-corrected chi connectivity index (χ3v) is 5.53. The zero-order valence-corrected chi connectivity index (χ0v) is 18.3. The molecule has 4 nitrogen and oxygen atoms in total. The Bertz CT molecular complexity index is 1540. The molecule has 0 amide bonds. The molecule has 1 radical (unpaired) electrons. The number of hydrogen-bond donors (Lipinski definition) is 2. The van der Waals surface area contributed by atoms with E-state index < -0.39 is 0 Å². The Labute approximate surface area is 196 Å². The minimum Gasteiger partial charge on any atom is -0.355 e. The molecule has 0 spiro atoms. The third-order valence-electron chi connectivity index (χ3n) is 5.53. The van der Waals surface area contributed by atoms with Crippen LogP contribution in [0.25, 0.3) is 45.9 Å². The van der Waals surface area contributed by atoms with Crippen LogP contribution in [-0.2, 0) is 17.1 Å². The SMILES string of the molecule is Cc1ccc(C2=Cc3cc4ccc(cc5nc(cc6ccc(cc2n3)[nH]6)C=C5)[nH]4)cc1.[Cu]. The molecule has 2 N–H and O–H groups in total. The molecule has 8 bridgehead atoms. The van der Waals surface area contributed by atoms with Gasteiger partial charge < -0.3 is 9.97 Å². The number of hydrogen-bond acceptors (Lipinski definition) is 2. The summed E-state index contributed by atoms with van der Waals surface area (Å²) in [6.45, 7) is 2.10. The van der Waals surface area contributed by atoms with Gasteiger partial charge in [0.2, 0.25) is 0 Å². The van der Waals surface area contributed by atoms with Gasteiger partial charge >= 0.3 is 0 Å². The molecule has 0 aliphatic carbocycles. The maximum Gasteiger partial charge on any atom is 0.0736 e. The summed E-state index contributed by atoms with van der Waals surface area (Å²) in [4.78, 5) is 16.5. The number of fused-ring (bicyclic) bond motifs is 8. The standard InChI is InChI=1S/C27H20N4.Cu/c1-17-2-4-18(5-3-17)26-15-25-14-23-9-8-21(29-23)12-19-6-7-20(28-19)13-22-10-11-24(30-22)16-27(26)31-25;/h2-16,29-30H,1H3;. The van der Waals surface area contributed by atoms with E-state index in [0.29, 0.717) is 0 Å². The van der Waals surface area contributed by atoms with Crippen LogP contribution in [0.5, 0.6) is 0 Å². The first kappa shape index (κ1) is 20.3. The normalized spacial score (nSPS) is 12.3. The quantitative estimate of drug-likeness (QED) is 0.278. The van der Waals surface area contributed by atoms with Crippen molar-refractivity contribution < 1.29 is 17.1 Å². The van der Waals surface area contributed by atoms with Crippen LogP contribution in [0.1, 0.15) is 33.9 Å². The number of nitrogens with zero attached hydrogens (tertiary/aromatic N) is 2. The Morgan fingerprint density at radius 3 is 1.72 bits per heavy atom. The summed E-state index contributed by atoms with van der Waals surface area (Å²) < 4.78 is 0. The van der Waals surface area contributed by atoms with E-state index in [4.69, 9.17) is 9.97 Å². The van der Waals surface area contributed by atoms with E-state index in [1.165, 1.54) is 5.56 Å². The molecule has 0 atom stereocenters. The van der Waals surface area contributed by atoms with Gasteiger partial charge in [-0.05, 0) is 79.2 Å². The van der Waals surface area contributed by atoms with Crippen LogP contribution in [0.15, 0.2) is 72.8 Å². The van der Waals surface area contributed by atoms with Gasteiger partial charge in [0, 0.05) is 44.7 Å². The van der Waals surface area contributed by atoms with Gasteiger partial charge in [0.15, 0.2) is 0 Å². The molecule has 0 unspecified atom stereocenters. The van der Waals surface area contributed by atoms with Crippen molar-refractivity contribution in [3.63, 3.8) is 0 Å². The van der Waals surface area contributed by atoms with Crippen LogP contribution in [0.3, 0.4) is 0 Å². The second-order valence-electron chi connectivity index (χ2n) is 7.96. The Morgan fingerprint density at radius 2 is 1.12 bits per heavy atom. The second-order valence-corrected chi connectivity index (χ2v) is 7.96. The van der Waals surface area contributed by atoms with Crippen molar-refractivity contribution in [2.24, 2.45) is 0 Å². The smallest absolute Gasteiger partial charge is 0.0736 e. The molecule has 5 heteroatoms. The maximum absolute atomic E-state index is 4.93. The molecule has 2 aliphatic heterocycles. The molecule has 0 fully saturated rings. The summed E-state index contributed by atoms with van der Waals surface area (Å²) in [7, 11) is 0. The fraction of sp³-hybridized carbons (Fsp3) is 0.0370. The van der Waals surface area contributed by atoms with E-state index in [0.717, 1.165) is 56.0 Å². The van der Waals surface area contributed by atoms with Gasteiger partial charge in [0.1, 0.15) is 0 Å². The van der Waals surface area contributed by atoms with Crippen molar-refractivity contribution in [3.8, 4) is 0 Å². The minimum atomic E-state index is 0. The summed E-state index contributed by atoms with van der Waals surface area (Å²) in [5.41, 5.74) is 11.3. The largest absolute Gasteiger partial charge is 0.355 e. The first-order valence-corrected chi connectivity index (χ1v) is 10.3. The summed E-state index contributed by atoms with van der Waals surface area (Å²) in [6, 6.07) is 25.2. The van der Waals surface area contributed by atoms with E-state index in [1.807, 2.05) is 12.2 Å². The van der Waals surface area contributed by atoms with Gasteiger partial charge in [-0.25, -0.2) is 9.97 Å². The molecule has 2 aliphatic rings. The van der Waals surface area contributed by atoms with Crippen molar-refractivity contribution in [2.45, 2.75) is 6.92 Å². The summed E-state index contributed by atoms with van der Waals surface area (Å²) in [6.07, 6.45) is 6.21. The van der Waals surface area contributed by atoms with E-state index in [2.05, 4.69) is 95.8 Å². The average Bonchev–Trinajstić information content (AvgIpc) is 3.54. The average molecular weight is 464 g/mol. The number of benzene rings is 1. The number of nitrogens with one attached hydrogen (secondary N) is 2. The molecule has 6 rings (SSSR count). The maximum atomic E-state index is 4.93. The van der Waals surface area contributed by atoms with Gasteiger partial charge in [-0.3, -0.25) is 0 Å². The molecule has 3 aromatic heterocycles. The molecule has 1 aromatic carbocycles. The number of rotatable bonds is 1. The Morgan fingerprint density at radius 1 is 0.594 bits per heavy atom. The number of aromatic amines is 2. The molecule has 4 aromatic rings. The topological polar surface area (TPSA) is 57.4 Å². The number of aromatic nitrogens is 4. The van der Waals surface area contributed by atoms with Crippen molar-refractivity contribution in [3.05, 3.63) is 107 Å². The zero-order valence-electron chi connectivity index (χ0n) is 17.4. The van der Waals surface area contributed by atoms with Crippen molar-refractivity contribution in [1.82, 2.24) is 19.9 Å². The Balaban J connectivity index is 0.00000216. The van der Waals surface area contributed by atoms with E-state index in [-0.39, 0.29) is 17.1 Å². The van der Waals surface area contributed by atoms with Gasteiger partial charge in [0.05, 0.1) is 22.8 Å². The molecule has 0 saturated carbocycles. The van der Waals surface area contributed by atoms with Crippen molar-refractivity contribution in [1.29, 1.82) is 0 Å². The Kier molecular flexibility index (Phi) is 5.14. The first-order valence-electron chi connectivity index (χ1n) is 10.3. The fourth-order valence-corrected chi connectivity index (χ4v) is 3.98. The van der Waals surface area contributed by atoms with Gasteiger partial charge in [-0.1, -0.05) is 29.8 Å². The fourth-order valence-electron chi connectivity index (χ4n) is 3.98. The van der Waals surface area contributed by atoms with Crippen LogP contribution in [0.2, 0.25) is 0 Å². The predicted octanol–water partition coefficient (Wildman–Crippen LogP) is 6.38. The van der Waals surface area contributed by atoms with Gasteiger partial charge in [-0.15, -0.1) is 0 Å². The first-order chi connectivity index (χ1) is 15.2. The van der Waals surface area contributed by atoms with Crippen LogP contribution in [0, 0.1) is 6.92 Å². The predicted molar refractivity (Wildman–Crippen MR) is 128 cm³/mol. The molecule has 32 heavy (non-hydrogen) atoms. The second kappa shape index (κ2) is 8.12. The van der Waals surface area contributed by atoms with Crippen LogP contribution >= 0.6 is 0 Å². The summed E-state index contributed by atoms with van der Waals surface area (Å²) in [5.74, 6) is 0. The molecular weight excluding hydrogens is 444 g/mol. The minimum absolute atomic E-state index is 0. The summed E-state index contributed by atoms with van der Waals surface area (Å²) >= 11 is 0. The van der Waals surface area contributed by atoms with Crippen LogP contribution in [0.4, 0.5) is 0 Å². The summed E-state index contributed by atoms with van der Waals surface area (Å²) in [5, 5.41) is 0. The van der Waals surface area contributed by atoms with E-state index >= 15 is 0 Å². The number of H-pyrrole nitrogens is 2. The van der Waals surface area contributed by atoms with Crippen LogP contribution < -0.4 is 0 Å². The van der Waals surface area contributed by atoms with Gasteiger partial charge in [-0.2, -0.15) is 0 Å². The van der Waals surface area contributed by atoms with Gasteiger partial charge in [0.25, 0.3) is 0 Å². The number of aryl methyl sites for hydroxylation is 1. The van der Waals surface area contributed by atoms with Crippen molar-refractivity contribution >= 4 is 45.9 Å². The molecule has 159 valence electrons. The zero-order chi connectivity index (χ0) is 20.8. The molecular formula is C27H20CuN4. The van der Waals surface area contributed by atoms with E-state index in [1.54, 1.807) is 0 Å². The third kappa shape index (κ3) is 3.96. The van der Waals surface area contributed by atoms with Crippen LogP contribution in [-0.4, -0.2) is 19.9 Å². The van der Waals surface area contributed by atoms with Crippen molar-refractivity contribution in [2.75, 3.05) is 0 Å². The molecule has 5 heterocycles.